The average molecular weight is 291 g/mol. The van der Waals surface area contributed by atoms with Gasteiger partial charge in [0.1, 0.15) is 11.0 Å². The third-order valence-electron chi connectivity index (χ3n) is 2.10. The summed E-state index contributed by atoms with van der Waals surface area (Å²) in [6, 6.07) is 6.45. The van der Waals surface area contributed by atoms with E-state index in [0.29, 0.717) is 10.8 Å². The second-order valence-corrected chi connectivity index (χ2v) is 7.01. The Morgan fingerprint density at radius 1 is 1.27 bits per heavy atom. The molecule has 0 amide bonds. The minimum atomic E-state index is -3.63. The van der Waals surface area contributed by atoms with Crippen molar-refractivity contribution in [3.8, 4) is 0 Å². The minimum Gasteiger partial charge on any atom is -0.302 e. The molecule has 82 valence electrons. The molecule has 0 saturated carbocycles. The van der Waals surface area contributed by atoms with Gasteiger partial charge in [-0.1, -0.05) is 12.1 Å². The summed E-state index contributed by atoms with van der Waals surface area (Å²) in [6.07, 6.45) is 0.446. The van der Waals surface area contributed by atoms with Crippen LogP contribution in [0.3, 0.4) is 0 Å². The quantitative estimate of drug-likeness (QED) is 0.802. The molecule has 0 heterocycles. The van der Waals surface area contributed by atoms with E-state index in [1.54, 1.807) is 18.2 Å². The highest BCUT2D eigenvalue weighted by molar-refractivity contribution is 9.10. The summed E-state index contributed by atoms with van der Waals surface area (Å²) in [5.74, 6) is 0. The molecule has 0 saturated heterocycles. The number of rotatable bonds is 3. The Morgan fingerprint density at radius 2 is 1.80 bits per heavy atom. The summed E-state index contributed by atoms with van der Waals surface area (Å²) in [5, 5.41) is 0. The molecule has 0 aliphatic heterocycles. The Kier molecular flexibility index (Phi) is 3.35. The van der Waals surface area contributed by atoms with E-state index < -0.39 is 14.6 Å². The molecule has 15 heavy (non-hydrogen) atoms. The number of halogens is 1. The number of aldehydes is 1. The summed E-state index contributed by atoms with van der Waals surface area (Å²) in [6.45, 7) is 2.77. The van der Waals surface area contributed by atoms with Crippen molar-refractivity contribution in [1.29, 1.82) is 0 Å². The minimum absolute atomic E-state index is 0.141. The van der Waals surface area contributed by atoms with Crippen LogP contribution in [0.5, 0.6) is 0 Å². The van der Waals surface area contributed by atoms with Crippen molar-refractivity contribution in [2.24, 2.45) is 0 Å². The molecule has 1 aromatic rings. The van der Waals surface area contributed by atoms with Crippen LogP contribution in [0.15, 0.2) is 33.6 Å². The Hall–Kier alpha value is -0.680. The normalized spacial score (nSPS) is 12.5. The van der Waals surface area contributed by atoms with Gasteiger partial charge in [0.05, 0.1) is 4.90 Å². The third kappa shape index (κ3) is 2.13. The van der Waals surface area contributed by atoms with Crippen LogP contribution < -0.4 is 0 Å². The molecule has 0 fully saturated rings. The fraction of sp³-hybridized carbons (Fsp3) is 0.300. The first kappa shape index (κ1) is 12.4. The number of hydrogen-bond acceptors (Lipinski definition) is 3. The zero-order valence-corrected chi connectivity index (χ0v) is 10.8. The number of carbonyl (C=O) groups excluding carboxylic acids is 1. The van der Waals surface area contributed by atoms with Gasteiger partial charge in [0.25, 0.3) is 0 Å². The van der Waals surface area contributed by atoms with Crippen LogP contribution in [0.4, 0.5) is 0 Å². The molecule has 1 aromatic carbocycles. The third-order valence-corrected chi connectivity index (χ3v) is 5.47. The summed E-state index contributed by atoms with van der Waals surface area (Å²) in [7, 11) is -3.63. The van der Waals surface area contributed by atoms with Gasteiger partial charge in [-0.05, 0) is 41.9 Å². The smallest absolute Gasteiger partial charge is 0.191 e. The van der Waals surface area contributed by atoms with Crippen molar-refractivity contribution in [2.75, 3.05) is 0 Å². The van der Waals surface area contributed by atoms with Gasteiger partial charge in [0.15, 0.2) is 9.84 Å². The van der Waals surface area contributed by atoms with Crippen LogP contribution in [0.1, 0.15) is 13.8 Å². The summed E-state index contributed by atoms with van der Waals surface area (Å²) in [5.41, 5.74) is 0. The SMILES string of the molecule is CC(C)(C=O)S(=O)(=O)c1ccccc1Br. The van der Waals surface area contributed by atoms with Gasteiger partial charge in [0.2, 0.25) is 0 Å². The largest absolute Gasteiger partial charge is 0.302 e. The van der Waals surface area contributed by atoms with Crippen molar-refractivity contribution in [3.05, 3.63) is 28.7 Å². The second kappa shape index (κ2) is 4.06. The molecule has 0 bridgehead atoms. The van der Waals surface area contributed by atoms with Gasteiger partial charge in [0, 0.05) is 4.47 Å². The van der Waals surface area contributed by atoms with Crippen molar-refractivity contribution in [2.45, 2.75) is 23.5 Å². The topological polar surface area (TPSA) is 51.2 Å². The molecular formula is C10H11BrO3S. The maximum atomic E-state index is 12.0. The fourth-order valence-corrected chi connectivity index (χ4v) is 3.21. The first-order valence-corrected chi connectivity index (χ1v) is 6.56. The maximum absolute atomic E-state index is 12.0. The van der Waals surface area contributed by atoms with Gasteiger partial charge in [-0.25, -0.2) is 8.42 Å². The first-order chi connectivity index (χ1) is 6.83. The van der Waals surface area contributed by atoms with Crippen molar-refractivity contribution in [3.63, 3.8) is 0 Å². The highest BCUT2D eigenvalue weighted by atomic mass is 79.9. The summed E-state index contributed by atoms with van der Waals surface area (Å²) >= 11 is 3.16. The Morgan fingerprint density at radius 3 is 2.27 bits per heavy atom. The Balaban J connectivity index is 3.43. The molecule has 0 N–H and O–H groups in total. The fourth-order valence-electron chi connectivity index (χ4n) is 1.01. The van der Waals surface area contributed by atoms with E-state index in [0.717, 1.165) is 0 Å². The van der Waals surface area contributed by atoms with E-state index in [9.17, 15) is 13.2 Å². The standard InChI is InChI=1S/C10H11BrO3S/c1-10(2,7-12)15(13,14)9-6-4-3-5-8(9)11/h3-7H,1-2H3. The zero-order chi connectivity index (χ0) is 11.7. The molecule has 3 nitrogen and oxygen atoms in total. The highest BCUT2D eigenvalue weighted by Gasteiger charge is 2.36. The van der Waals surface area contributed by atoms with Crippen LogP contribution in [0.25, 0.3) is 0 Å². The van der Waals surface area contributed by atoms with E-state index >= 15 is 0 Å². The number of sulfone groups is 1. The highest BCUT2D eigenvalue weighted by Crippen LogP contribution is 2.29. The number of carbonyl (C=O) groups is 1. The van der Waals surface area contributed by atoms with E-state index in [4.69, 9.17) is 0 Å². The van der Waals surface area contributed by atoms with E-state index in [2.05, 4.69) is 15.9 Å². The number of hydrogen-bond donors (Lipinski definition) is 0. The molecular weight excluding hydrogens is 280 g/mol. The Bertz CT molecular complexity index is 477. The van der Waals surface area contributed by atoms with Crippen LogP contribution in [-0.2, 0) is 14.6 Å². The molecule has 0 unspecified atom stereocenters. The lowest BCUT2D eigenvalue weighted by molar-refractivity contribution is -0.109. The molecule has 0 atom stereocenters. The summed E-state index contributed by atoms with van der Waals surface area (Å²) in [4.78, 5) is 10.9. The molecule has 1 rings (SSSR count). The lowest BCUT2D eigenvalue weighted by Crippen LogP contribution is -2.33. The maximum Gasteiger partial charge on any atom is 0.191 e. The molecule has 0 spiro atoms. The lowest BCUT2D eigenvalue weighted by atomic mass is 10.2. The van der Waals surface area contributed by atoms with Crippen LogP contribution in [0, 0.1) is 0 Å². The van der Waals surface area contributed by atoms with Crippen molar-refractivity contribution in [1.82, 2.24) is 0 Å². The predicted octanol–water partition coefficient (Wildman–Crippen LogP) is 2.20. The number of benzene rings is 1. The lowest BCUT2D eigenvalue weighted by Gasteiger charge is -2.18. The average Bonchev–Trinajstić information content (AvgIpc) is 2.18. The molecule has 0 aliphatic rings. The van der Waals surface area contributed by atoms with Crippen molar-refractivity contribution < 1.29 is 13.2 Å². The van der Waals surface area contributed by atoms with Gasteiger partial charge in [-0.3, -0.25) is 0 Å². The van der Waals surface area contributed by atoms with Crippen molar-refractivity contribution >= 4 is 32.1 Å². The van der Waals surface area contributed by atoms with Gasteiger partial charge in [-0.2, -0.15) is 0 Å². The molecule has 5 heteroatoms. The van der Waals surface area contributed by atoms with E-state index in [-0.39, 0.29) is 4.90 Å². The van der Waals surface area contributed by atoms with Gasteiger partial charge in [-0.15, -0.1) is 0 Å². The zero-order valence-electron chi connectivity index (χ0n) is 8.40. The van der Waals surface area contributed by atoms with Gasteiger partial charge >= 0.3 is 0 Å². The second-order valence-electron chi connectivity index (χ2n) is 3.66. The monoisotopic (exact) mass is 290 g/mol. The summed E-state index contributed by atoms with van der Waals surface area (Å²) < 4.78 is 23.2. The van der Waals surface area contributed by atoms with Crippen LogP contribution in [0.2, 0.25) is 0 Å². The first-order valence-electron chi connectivity index (χ1n) is 4.28. The predicted molar refractivity (Wildman–Crippen MR) is 61.5 cm³/mol. The van der Waals surface area contributed by atoms with E-state index in [1.165, 1.54) is 19.9 Å². The van der Waals surface area contributed by atoms with Crippen LogP contribution >= 0.6 is 15.9 Å². The van der Waals surface area contributed by atoms with Crippen LogP contribution in [-0.4, -0.2) is 19.5 Å². The van der Waals surface area contributed by atoms with Gasteiger partial charge < -0.3 is 4.79 Å². The van der Waals surface area contributed by atoms with E-state index in [1.807, 2.05) is 0 Å². The molecule has 0 radical (unpaired) electrons. The Labute approximate surface area is 97.5 Å². The molecule has 0 aliphatic carbocycles. The molecule has 0 aromatic heterocycles.